The van der Waals surface area contributed by atoms with Crippen LogP contribution < -0.4 is 14.9 Å². The van der Waals surface area contributed by atoms with Gasteiger partial charge in [-0.25, -0.2) is 8.42 Å². The summed E-state index contributed by atoms with van der Waals surface area (Å²) in [5.74, 6) is -0.973. The van der Waals surface area contributed by atoms with Gasteiger partial charge in [-0.3, -0.25) is 13.9 Å². The Kier molecular flexibility index (Phi) is 8.25. The number of carbonyl (C=O) groups excluding carboxylic acids is 2. The molecular formula is C26H26ClN3O5S. The van der Waals surface area contributed by atoms with E-state index in [0.29, 0.717) is 18.2 Å². The number of ether oxygens (including phenoxy) is 1. The van der Waals surface area contributed by atoms with Gasteiger partial charge in [-0.15, -0.1) is 0 Å². The Labute approximate surface area is 215 Å². The molecule has 0 bridgehead atoms. The maximum absolute atomic E-state index is 13.4. The fraction of sp³-hybridized carbons (Fsp3) is 0.231. The van der Waals surface area contributed by atoms with Crippen molar-refractivity contribution in [2.24, 2.45) is 0 Å². The lowest BCUT2D eigenvalue weighted by atomic mass is 10.1. The van der Waals surface area contributed by atoms with Crippen LogP contribution in [0.3, 0.4) is 0 Å². The van der Waals surface area contributed by atoms with Crippen molar-refractivity contribution < 1.29 is 22.7 Å². The Morgan fingerprint density at radius 2 is 1.75 bits per heavy atom. The van der Waals surface area contributed by atoms with Crippen molar-refractivity contribution in [1.29, 1.82) is 0 Å². The molecule has 1 saturated heterocycles. The number of halogens is 1. The number of hydrogen-bond acceptors (Lipinski definition) is 5. The number of nitrogens with zero attached hydrogens (tertiary/aromatic N) is 1. The molecule has 1 fully saturated rings. The smallest absolute Gasteiger partial charge is 0.264 e. The van der Waals surface area contributed by atoms with E-state index in [0.717, 1.165) is 17.1 Å². The lowest BCUT2D eigenvalue weighted by Crippen LogP contribution is -2.38. The standard InChI is InChI=1S/C26H26ClN3O5S/c27-19-8-6-9-20(16-19)30(36(33,34)22-11-2-1-3-12-22)18-25(31)29-24-14-5-4-13-23(24)26(32)28-17-21-10-7-15-35-21/h1-6,8-9,11-14,16,21H,7,10,15,17-18H2,(H,28,32)(H,29,31)/t21-/m0/s1. The molecule has 8 nitrogen and oxygen atoms in total. The van der Waals surface area contributed by atoms with E-state index in [2.05, 4.69) is 10.6 Å². The molecule has 3 aromatic rings. The molecule has 0 aliphatic carbocycles. The zero-order valence-electron chi connectivity index (χ0n) is 19.4. The normalized spacial score (nSPS) is 15.3. The minimum atomic E-state index is -4.08. The molecule has 1 aliphatic rings. The van der Waals surface area contributed by atoms with Gasteiger partial charge in [0.25, 0.3) is 15.9 Å². The largest absolute Gasteiger partial charge is 0.376 e. The maximum Gasteiger partial charge on any atom is 0.264 e. The van der Waals surface area contributed by atoms with Crippen molar-refractivity contribution in [3.63, 3.8) is 0 Å². The molecule has 1 heterocycles. The number of anilines is 2. The van der Waals surface area contributed by atoms with Crippen LogP contribution in [-0.4, -0.2) is 46.0 Å². The first-order chi connectivity index (χ1) is 17.3. The van der Waals surface area contributed by atoms with Gasteiger partial charge in [-0.1, -0.05) is 48.0 Å². The zero-order chi connectivity index (χ0) is 25.5. The molecule has 4 rings (SSSR count). The summed E-state index contributed by atoms with van der Waals surface area (Å²) in [7, 11) is -4.08. The Bertz CT molecular complexity index is 1330. The summed E-state index contributed by atoms with van der Waals surface area (Å²) in [6.45, 7) is 0.532. The van der Waals surface area contributed by atoms with Crippen molar-refractivity contribution in [3.05, 3.63) is 89.4 Å². The number of rotatable bonds is 9. The highest BCUT2D eigenvalue weighted by atomic mass is 35.5. The Hall–Kier alpha value is -3.40. The topological polar surface area (TPSA) is 105 Å². The Morgan fingerprint density at radius 1 is 1.00 bits per heavy atom. The van der Waals surface area contributed by atoms with Crippen LogP contribution in [0.25, 0.3) is 0 Å². The van der Waals surface area contributed by atoms with E-state index in [4.69, 9.17) is 16.3 Å². The van der Waals surface area contributed by atoms with Gasteiger partial charge in [0, 0.05) is 18.2 Å². The van der Waals surface area contributed by atoms with Gasteiger partial charge in [-0.05, 0) is 55.3 Å². The van der Waals surface area contributed by atoms with Crippen molar-refractivity contribution in [1.82, 2.24) is 5.32 Å². The number of para-hydroxylation sites is 1. The Balaban J connectivity index is 1.54. The summed E-state index contributed by atoms with van der Waals surface area (Å²) < 4.78 is 33.4. The predicted molar refractivity (Wildman–Crippen MR) is 139 cm³/mol. The lowest BCUT2D eigenvalue weighted by molar-refractivity contribution is -0.114. The molecule has 36 heavy (non-hydrogen) atoms. The van der Waals surface area contributed by atoms with Crippen LogP contribution in [0.15, 0.2) is 83.8 Å². The number of sulfonamides is 1. The van der Waals surface area contributed by atoms with Crippen LogP contribution in [0.2, 0.25) is 5.02 Å². The Morgan fingerprint density at radius 3 is 2.47 bits per heavy atom. The van der Waals surface area contributed by atoms with Crippen LogP contribution in [0, 0.1) is 0 Å². The molecule has 0 radical (unpaired) electrons. The quantitative estimate of drug-likeness (QED) is 0.436. The predicted octanol–water partition coefficient (Wildman–Crippen LogP) is 4.08. The van der Waals surface area contributed by atoms with E-state index in [1.807, 2.05) is 0 Å². The van der Waals surface area contributed by atoms with Crippen LogP contribution in [-0.2, 0) is 19.6 Å². The second kappa shape index (κ2) is 11.6. The molecule has 2 amide bonds. The molecule has 0 saturated carbocycles. The van der Waals surface area contributed by atoms with Gasteiger partial charge in [0.1, 0.15) is 6.54 Å². The van der Waals surface area contributed by atoms with Gasteiger partial charge in [0.2, 0.25) is 5.91 Å². The van der Waals surface area contributed by atoms with E-state index in [1.54, 1.807) is 60.7 Å². The molecular weight excluding hydrogens is 502 g/mol. The first kappa shape index (κ1) is 25.7. The zero-order valence-corrected chi connectivity index (χ0v) is 21.0. The highest BCUT2D eigenvalue weighted by Crippen LogP contribution is 2.26. The molecule has 188 valence electrons. The van der Waals surface area contributed by atoms with E-state index >= 15 is 0 Å². The van der Waals surface area contributed by atoms with E-state index in [1.165, 1.54) is 18.2 Å². The summed E-state index contributed by atoms with van der Waals surface area (Å²) in [5.41, 5.74) is 0.781. The number of amides is 2. The average molecular weight is 528 g/mol. The minimum Gasteiger partial charge on any atom is -0.376 e. The minimum absolute atomic E-state index is 0.0230. The number of benzene rings is 3. The molecule has 1 aliphatic heterocycles. The van der Waals surface area contributed by atoms with Gasteiger partial charge >= 0.3 is 0 Å². The van der Waals surface area contributed by atoms with Crippen molar-refractivity contribution >= 4 is 44.8 Å². The molecule has 0 aromatic heterocycles. The van der Waals surface area contributed by atoms with Crippen LogP contribution in [0.1, 0.15) is 23.2 Å². The average Bonchev–Trinajstić information content (AvgIpc) is 3.40. The fourth-order valence-electron chi connectivity index (χ4n) is 3.88. The fourth-order valence-corrected chi connectivity index (χ4v) is 5.50. The van der Waals surface area contributed by atoms with Crippen LogP contribution in [0.5, 0.6) is 0 Å². The first-order valence-electron chi connectivity index (χ1n) is 11.5. The van der Waals surface area contributed by atoms with Crippen LogP contribution >= 0.6 is 11.6 Å². The van der Waals surface area contributed by atoms with Gasteiger partial charge in [0.15, 0.2) is 0 Å². The molecule has 2 N–H and O–H groups in total. The van der Waals surface area contributed by atoms with Crippen molar-refractivity contribution in [3.8, 4) is 0 Å². The molecule has 10 heteroatoms. The highest BCUT2D eigenvalue weighted by molar-refractivity contribution is 7.92. The summed E-state index contributed by atoms with van der Waals surface area (Å²) >= 11 is 6.11. The van der Waals surface area contributed by atoms with Crippen molar-refractivity contribution in [2.45, 2.75) is 23.8 Å². The van der Waals surface area contributed by atoms with E-state index < -0.39 is 22.5 Å². The summed E-state index contributed by atoms with van der Waals surface area (Å²) in [4.78, 5) is 25.9. The second-order valence-corrected chi connectivity index (χ2v) is 10.5. The number of carbonyl (C=O) groups is 2. The maximum atomic E-state index is 13.4. The summed E-state index contributed by atoms with van der Waals surface area (Å²) in [6, 6.07) is 20.6. The monoisotopic (exact) mass is 527 g/mol. The number of hydrogen-bond donors (Lipinski definition) is 2. The molecule has 3 aromatic carbocycles. The SMILES string of the molecule is O=C(CN(c1cccc(Cl)c1)S(=O)(=O)c1ccccc1)Nc1ccccc1C(=O)NC[C@@H]1CCCO1. The first-order valence-corrected chi connectivity index (χ1v) is 13.3. The third-order valence-electron chi connectivity index (χ3n) is 5.67. The second-order valence-electron chi connectivity index (χ2n) is 8.24. The summed E-state index contributed by atoms with van der Waals surface area (Å²) in [5, 5.41) is 5.85. The van der Waals surface area contributed by atoms with E-state index in [9.17, 15) is 18.0 Å². The van der Waals surface area contributed by atoms with Crippen LogP contribution in [0.4, 0.5) is 11.4 Å². The summed E-state index contributed by atoms with van der Waals surface area (Å²) in [6.07, 6.45) is 1.82. The van der Waals surface area contributed by atoms with E-state index in [-0.39, 0.29) is 33.8 Å². The third kappa shape index (κ3) is 6.23. The molecule has 1 atom stereocenters. The van der Waals surface area contributed by atoms with Gasteiger partial charge in [-0.2, -0.15) is 0 Å². The number of nitrogens with one attached hydrogen (secondary N) is 2. The van der Waals surface area contributed by atoms with Gasteiger partial charge in [0.05, 0.1) is 27.9 Å². The lowest BCUT2D eigenvalue weighted by Gasteiger charge is -2.24. The third-order valence-corrected chi connectivity index (χ3v) is 7.70. The highest BCUT2D eigenvalue weighted by Gasteiger charge is 2.28. The molecule has 0 unspecified atom stereocenters. The van der Waals surface area contributed by atoms with Crippen molar-refractivity contribution in [2.75, 3.05) is 29.3 Å². The van der Waals surface area contributed by atoms with Gasteiger partial charge < -0.3 is 15.4 Å². The molecule has 0 spiro atoms.